The summed E-state index contributed by atoms with van der Waals surface area (Å²) in [7, 11) is 3.27. The van der Waals surface area contributed by atoms with Crippen LogP contribution < -0.4 is 19.7 Å². The van der Waals surface area contributed by atoms with E-state index in [0.717, 1.165) is 27.1 Å². The molecule has 0 amide bonds. The maximum absolute atomic E-state index is 6.37. The van der Waals surface area contributed by atoms with Crippen LogP contribution in [0.5, 0.6) is 11.5 Å². The number of benzene rings is 2. The zero-order valence-electron chi connectivity index (χ0n) is 18.7. The highest BCUT2D eigenvalue weighted by atomic mass is 32.2. The molecule has 0 aliphatic carbocycles. The van der Waals surface area contributed by atoms with Crippen LogP contribution in [0.3, 0.4) is 0 Å². The number of nitrogens with zero attached hydrogens (tertiary/aromatic N) is 2. The molecule has 0 saturated carbocycles. The Morgan fingerprint density at radius 2 is 1.79 bits per heavy atom. The van der Waals surface area contributed by atoms with Crippen LogP contribution >= 0.6 is 24.0 Å². The molecule has 0 unspecified atom stereocenters. The number of anilines is 1. The Morgan fingerprint density at radius 3 is 2.53 bits per heavy atom. The molecule has 5 rings (SSSR count). The van der Waals surface area contributed by atoms with Crippen molar-refractivity contribution in [3.05, 3.63) is 96.5 Å². The van der Waals surface area contributed by atoms with Crippen molar-refractivity contribution < 1.29 is 13.9 Å². The van der Waals surface area contributed by atoms with Crippen LogP contribution in [0.25, 0.3) is 0 Å². The van der Waals surface area contributed by atoms with E-state index in [1.165, 1.54) is 0 Å². The second-order valence-electron chi connectivity index (χ2n) is 7.61. The fourth-order valence-electron chi connectivity index (χ4n) is 4.04. The number of furan rings is 1. The van der Waals surface area contributed by atoms with E-state index in [0.29, 0.717) is 16.6 Å². The molecule has 1 N–H and O–H groups in total. The number of thiocarbonyl (C=S) groups is 1. The van der Waals surface area contributed by atoms with Crippen LogP contribution in [0.4, 0.5) is 5.69 Å². The van der Waals surface area contributed by atoms with Gasteiger partial charge in [-0.15, -0.1) is 0 Å². The van der Waals surface area contributed by atoms with Crippen LogP contribution in [-0.4, -0.2) is 24.3 Å². The third-order valence-electron chi connectivity index (χ3n) is 5.60. The molecule has 0 radical (unpaired) electrons. The van der Waals surface area contributed by atoms with Gasteiger partial charge in [-0.3, -0.25) is 4.98 Å². The minimum atomic E-state index is -0.269. The van der Waals surface area contributed by atoms with Crippen molar-refractivity contribution in [1.82, 2.24) is 10.3 Å². The van der Waals surface area contributed by atoms with Crippen molar-refractivity contribution in [2.45, 2.75) is 22.1 Å². The molecule has 8 heteroatoms. The summed E-state index contributed by atoms with van der Waals surface area (Å²) in [6, 6.07) is 25.2. The van der Waals surface area contributed by atoms with Crippen LogP contribution in [0, 0.1) is 0 Å². The van der Waals surface area contributed by atoms with Gasteiger partial charge in [-0.05, 0) is 60.7 Å². The Balaban J connectivity index is 1.57. The number of hydrogen-bond acceptors (Lipinski definition) is 6. The number of nitrogens with one attached hydrogen (secondary N) is 1. The van der Waals surface area contributed by atoms with Crippen molar-refractivity contribution >= 4 is 34.8 Å². The normalized spacial score (nSPS) is 17.5. The maximum atomic E-state index is 6.37. The molecule has 2 aromatic heterocycles. The predicted octanol–water partition coefficient (Wildman–Crippen LogP) is 6.02. The monoisotopic (exact) mass is 489 g/mol. The first-order valence-electron chi connectivity index (χ1n) is 10.7. The summed E-state index contributed by atoms with van der Waals surface area (Å²) in [6.07, 6.45) is 1.78. The first kappa shape index (κ1) is 22.3. The quantitative estimate of drug-likeness (QED) is 0.316. The van der Waals surface area contributed by atoms with Gasteiger partial charge in [-0.1, -0.05) is 36.0 Å². The Morgan fingerprint density at radius 1 is 0.971 bits per heavy atom. The summed E-state index contributed by atoms with van der Waals surface area (Å²) >= 11 is 7.39. The zero-order chi connectivity index (χ0) is 23.5. The smallest absolute Gasteiger partial charge is 0.174 e. The summed E-state index contributed by atoms with van der Waals surface area (Å²) in [5.41, 5.74) is 1.69. The molecule has 1 aliphatic heterocycles. The number of aromatic nitrogens is 1. The number of ether oxygens (including phenoxy) is 2. The zero-order valence-corrected chi connectivity index (χ0v) is 20.3. The van der Waals surface area contributed by atoms with Gasteiger partial charge >= 0.3 is 0 Å². The molecule has 34 heavy (non-hydrogen) atoms. The number of methoxy groups -OCH3 is 2. The van der Waals surface area contributed by atoms with E-state index in [-0.39, 0.29) is 12.1 Å². The largest absolute Gasteiger partial charge is 0.497 e. The number of pyridine rings is 1. The highest BCUT2D eigenvalue weighted by Gasteiger charge is 2.43. The van der Waals surface area contributed by atoms with Gasteiger partial charge in [0.2, 0.25) is 0 Å². The maximum Gasteiger partial charge on any atom is 0.174 e. The first-order chi connectivity index (χ1) is 16.7. The number of hydrogen-bond donors (Lipinski definition) is 1. The van der Waals surface area contributed by atoms with Crippen molar-refractivity contribution in [3.8, 4) is 11.5 Å². The van der Waals surface area contributed by atoms with Gasteiger partial charge in [-0.2, -0.15) is 0 Å². The van der Waals surface area contributed by atoms with E-state index in [1.54, 1.807) is 32.2 Å². The standard InChI is InChI=1S/C26H23N3O3S2/c1-30-17-11-12-20(22(16-17)31-2)29-25(24(28-26(29)33)19-10-6-7-15-27-19)21-13-14-23(32-21)34-18-8-4-3-5-9-18/h3-16,24-25H,1-2H3,(H,28,33)/t24-,25+/m0/s1. The summed E-state index contributed by atoms with van der Waals surface area (Å²) in [5, 5.41) is 4.82. The molecule has 6 nitrogen and oxygen atoms in total. The molecular formula is C26H23N3O3S2. The molecule has 172 valence electrons. The molecular weight excluding hydrogens is 466 g/mol. The fraction of sp³-hybridized carbons (Fsp3) is 0.154. The Bertz CT molecular complexity index is 1280. The SMILES string of the molecule is COc1ccc(N2C(=S)N[C@@H](c3ccccn3)[C@H]2c2ccc(Sc3ccccc3)o2)c(OC)c1. The Labute approximate surface area is 207 Å². The Kier molecular flexibility index (Phi) is 6.42. The molecule has 3 heterocycles. The predicted molar refractivity (Wildman–Crippen MR) is 137 cm³/mol. The third kappa shape index (κ3) is 4.34. The van der Waals surface area contributed by atoms with Crippen molar-refractivity contribution in [3.63, 3.8) is 0 Å². The molecule has 0 spiro atoms. The van der Waals surface area contributed by atoms with Gasteiger partial charge in [0.25, 0.3) is 0 Å². The topological polar surface area (TPSA) is 59.8 Å². The van der Waals surface area contributed by atoms with Gasteiger partial charge in [0, 0.05) is 17.2 Å². The minimum Gasteiger partial charge on any atom is -0.497 e. The highest BCUT2D eigenvalue weighted by Crippen LogP contribution is 2.46. The summed E-state index contributed by atoms with van der Waals surface area (Å²) in [5.74, 6) is 2.14. The fourth-order valence-corrected chi connectivity index (χ4v) is 5.18. The van der Waals surface area contributed by atoms with Crippen LogP contribution in [0.15, 0.2) is 99.5 Å². The van der Waals surface area contributed by atoms with E-state index in [4.69, 9.17) is 26.1 Å². The van der Waals surface area contributed by atoms with E-state index >= 15 is 0 Å². The molecule has 1 fully saturated rings. The molecule has 1 aliphatic rings. The lowest BCUT2D eigenvalue weighted by Gasteiger charge is -2.27. The average Bonchev–Trinajstić information content (AvgIpc) is 3.48. The van der Waals surface area contributed by atoms with Crippen molar-refractivity contribution in [2.75, 3.05) is 19.1 Å². The van der Waals surface area contributed by atoms with E-state index in [1.807, 2.05) is 71.6 Å². The van der Waals surface area contributed by atoms with Crippen molar-refractivity contribution in [1.29, 1.82) is 0 Å². The first-order valence-corrected chi connectivity index (χ1v) is 12.0. The van der Waals surface area contributed by atoms with Crippen molar-refractivity contribution in [2.24, 2.45) is 0 Å². The van der Waals surface area contributed by atoms with Crippen LogP contribution in [0.1, 0.15) is 23.5 Å². The van der Waals surface area contributed by atoms with E-state index in [2.05, 4.69) is 22.4 Å². The third-order valence-corrected chi connectivity index (χ3v) is 6.84. The second-order valence-corrected chi connectivity index (χ2v) is 9.07. The summed E-state index contributed by atoms with van der Waals surface area (Å²) in [6.45, 7) is 0. The molecule has 1 saturated heterocycles. The second kappa shape index (κ2) is 9.79. The molecule has 4 aromatic rings. The van der Waals surface area contributed by atoms with Gasteiger partial charge in [0.05, 0.1) is 31.6 Å². The van der Waals surface area contributed by atoms with Gasteiger partial charge in [0.15, 0.2) is 10.2 Å². The van der Waals surface area contributed by atoms with E-state index in [9.17, 15) is 0 Å². The van der Waals surface area contributed by atoms with Gasteiger partial charge in [0.1, 0.15) is 23.3 Å². The molecule has 2 atom stereocenters. The Hall–Kier alpha value is -3.49. The summed E-state index contributed by atoms with van der Waals surface area (Å²) < 4.78 is 17.5. The summed E-state index contributed by atoms with van der Waals surface area (Å²) in [4.78, 5) is 7.74. The van der Waals surface area contributed by atoms with E-state index < -0.39 is 0 Å². The average molecular weight is 490 g/mol. The minimum absolute atomic E-state index is 0.207. The van der Waals surface area contributed by atoms with Crippen LogP contribution in [-0.2, 0) is 0 Å². The van der Waals surface area contributed by atoms with Gasteiger partial charge in [-0.25, -0.2) is 0 Å². The van der Waals surface area contributed by atoms with Gasteiger partial charge < -0.3 is 24.1 Å². The lowest BCUT2D eigenvalue weighted by Crippen LogP contribution is -2.29. The lowest BCUT2D eigenvalue weighted by molar-refractivity contribution is 0.378. The molecule has 0 bridgehead atoms. The number of rotatable bonds is 7. The lowest BCUT2D eigenvalue weighted by atomic mass is 10.0. The highest BCUT2D eigenvalue weighted by molar-refractivity contribution is 7.99. The van der Waals surface area contributed by atoms with Crippen LogP contribution in [0.2, 0.25) is 0 Å². The molecule has 2 aromatic carbocycles.